The highest BCUT2D eigenvalue weighted by atomic mass is 16.1. The van der Waals surface area contributed by atoms with E-state index in [0.29, 0.717) is 5.56 Å². The van der Waals surface area contributed by atoms with Gasteiger partial charge in [0.1, 0.15) is 0 Å². The van der Waals surface area contributed by atoms with Gasteiger partial charge in [0.15, 0.2) is 0 Å². The van der Waals surface area contributed by atoms with Crippen LogP contribution in [0.1, 0.15) is 35.2 Å². The third kappa shape index (κ3) is 4.20. The molecule has 0 bridgehead atoms. The van der Waals surface area contributed by atoms with Crippen LogP contribution in [0.5, 0.6) is 0 Å². The molecule has 1 aromatic heterocycles. The molecule has 24 heavy (non-hydrogen) atoms. The van der Waals surface area contributed by atoms with Crippen LogP contribution < -0.4 is 5.32 Å². The second-order valence-corrected chi connectivity index (χ2v) is 6.40. The highest BCUT2D eigenvalue weighted by Gasteiger charge is 2.12. The van der Waals surface area contributed by atoms with Crippen molar-refractivity contribution in [2.45, 2.75) is 26.2 Å². The van der Waals surface area contributed by atoms with Crippen molar-refractivity contribution in [1.29, 1.82) is 0 Å². The average molecular weight is 323 g/mol. The minimum Gasteiger partial charge on any atom is -0.352 e. The van der Waals surface area contributed by atoms with Gasteiger partial charge in [-0.25, -0.2) is 0 Å². The minimum atomic E-state index is -0.0198. The number of nitrogens with one attached hydrogen (secondary N) is 1. The first kappa shape index (κ1) is 16.7. The Morgan fingerprint density at radius 2 is 2.00 bits per heavy atom. The number of carbonyl (C=O) groups excluding carboxylic acids is 1. The highest BCUT2D eigenvalue weighted by molar-refractivity contribution is 5.95. The Balaban J connectivity index is 1.57. The molecule has 2 aromatic rings. The number of nitrogens with zero attached hydrogens (tertiary/aromatic N) is 2. The van der Waals surface area contributed by atoms with Crippen molar-refractivity contribution in [3.8, 4) is 11.3 Å². The van der Waals surface area contributed by atoms with E-state index in [2.05, 4.69) is 28.2 Å². The normalized spacial score (nSPS) is 14.7. The van der Waals surface area contributed by atoms with Gasteiger partial charge >= 0.3 is 0 Å². The van der Waals surface area contributed by atoms with Gasteiger partial charge in [-0.3, -0.25) is 9.78 Å². The molecule has 1 fully saturated rings. The molecule has 2 heterocycles. The predicted molar refractivity (Wildman–Crippen MR) is 97.0 cm³/mol. The molecule has 0 saturated carbocycles. The largest absolute Gasteiger partial charge is 0.352 e. The van der Waals surface area contributed by atoms with Crippen LogP contribution in [0.2, 0.25) is 0 Å². The van der Waals surface area contributed by atoms with Crippen LogP contribution in [0.15, 0.2) is 42.6 Å². The van der Waals surface area contributed by atoms with Crippen LogP contribution in [0, 0.1) is 6.92 Å². The molecule has 1 aliphatic rings. The maximum absolute atomic E-state index is 12.4. The molecule has 4 nitrogen and oxygen atoms in total. The summed E-state index contributed by atoms with van der Waals surface area (Å²) < 4.78 is 0. The van der Waals surface area contributed by atoms with E-state index < -0.39 is 0 Å². The first-order valence-electron chi connectivity index (χ1n) is 8.76. The third-order valence-corrected chi connectivity index (χ3v) is 4.58. The number of rotatable bonds is 6. The Morgan fingerprint density at radius 1 is 1.21 bits per heavy atom. The third-order valence-electron chi connectivity index (χ3n) is 4.58. The predicted octanol–water partition coefficient (Wildman–Crippen LogP) is 3.27. The summed E-state index contributed by atoms with van der Waals surface area (Å²) in [6, 6.07) is 11.7. The van der Waals surface area contributed by atoms with E-state index in [0.717, 1.165) is 36.3 Å². The molecule has 0 atom stereocenters. The van der Waals surface area contributed by atoms with Crippen molar-refractivity contribution in [2.24, 2.45) is 0 Å². The number of benzene rings is 1. The molecule has 1 saturated heterocycles. The summed E-state index contributed by atoms with van der Waals surface area (Å²) in [6.07, 6.45) is 5.33. The zero-order valence-electron chi connectivity index (χ0n) is 14.3. The molecule has 1 amide bonds. The first-order valence-corrected chi connectivity index (χ1v) is 8.76. The minimum absolute atomic E-state index is 0.0198. The standard InChI is InChI=1S/C20H25N3O/c1-16-7-2-3-8-18(16)19-15-17(9-11-21-19)20(24)22-10-6-14-23-12-4-5-13-23/h2-3,7-9,11,15H,4-6,10,12-14H2,1H3,(H,22,24). The molecule has 0 radical (unpaired) electrons. The molecule has 0 spiro atoms. The van der Waals surface area contributed by atoms with E-state index >= 15 is 0 Å². The van der Waals surface area contributed by atoms with E-state index in [4.69, 9.17) is 0 Å². The van der Waals surface area contributed by atoms with E-state index in [-0.39, 0.29) is 5.91 Å². The summed E-state index contributed by atoms with van der Waals surface area (Å²) in [4.78, 5) is 19.2. The number of aromatic nitrogens is 1. The van der Waals surface area contributed by atoms with E-state index in [1.807, 2.05) is 24.3 Å². The van der Waals surface area contributed by atoms with Crippen LogP contribution in [-0.2, 0) is 0 Å². The summed E-state index contributed by atoms with van der Waals surface area (Å²) >= 11 is 0. The van der Waals surface area contributed by atoms with Crippen molar-refractivity contribution < 1.29 is 4.79 Å². The van der Waals surface area contributed by atoms with Crippen LogP contribution in [0.3, 0.4) is 0 Å². The number of hydrogen-bond acceptors (Lipinski definition) is 3. The highest BCUT2D eigenvalue weighted by Crippen LogP contribution is 2.21. The maximum atomic E-state index is 12.4. The van der Waals surface area contributed by atoms with Gasteiger partial charge in [-0.15, -0.1) is 0 Å². The lowest BCUT2D eigenvalue weighted by molar-refractivity contribution is 0.0952. The molecule has 1 aliphatic heterocycles. The molecule has 0 aliphatic carbocycles. The smallest absolute Gasteiger partial charge is 0.251 e. The summed E-state index contributed by atoms with van der Waals surface area (Å²) in [7, 11) is 0. The van der Waals surface area contributed by atoms with Crippen molar-refractivity contribution in [1.82, 2.24) is 15.2 Å². The number of hydrogen-bond donors (Lipinski definition) is 1. The van der Waals surface area contributed by atoms with Crippen LogP contribution in [0.4, 0.5) is 0 Å². The average Bonchev–Trinajstić information content (AvgIpc) is 3.12. The zero-order valence-corrected chi connectivity index (χ0v) is 14.3. The lowest BCUT2D eigenvalue weighted by Crippen LogP contribution is -2.28. The monoisotopic (exact) mass is 323 g/mol. The molecule has 1 aromatic carbocycles. The zero-order chi connectivity index (χ0) is 16.8. The second kappa shape index (κ2) is 8.06. The number of likely N-dealkylation sites (tertiary alicyclic amines) is 1. The summed E-state index contributed by atoms with van der Waals surface area (Å²) in [5.41, 5.74) is 3.75. The molecule has 1 N–H and O–H groups in total. The number of pyridine rings is 1. The summed E-state index contributed by atoms with van der Waals surface area (Å²) in [5.74, 6) is -0.0198. The van der Waals surface area contributed by atoms with Gasteiger partial charge in [0.2, 0.25) is 0 Å². The molecule has 3 rings (SSSR count). The van der Waals surface area contributed by atoms with Gasteiger partial charge in [-0.2, -0.15) is 0 Å². The van der Waals surface area contributed by atoms with E-state index in [1.54, 1.807) is 12.3 Å². The Hall–Kier alpha value is -2.20. The molecule has 0 unspecified atom stereocenters. The van der Waals surface area contributed by atoms with Crippen molar-refractivity contribution in [2.75, 3.05) is 26.2 Å². The van der Waals surface area contributed by atoms with Gasteiger partial charge in [0, 0.05) is 23.9 Å². The number of amides is 1. The Bertz CT molecular complexity index is 693. The Kier molecular flexibility index (Phi) is 5.59. The second-order valence-electron chi connectivity index (χ2n) is 6.40. The van der Waals surface area contributed by atoms with Crippen LogP contribution in [0.25, 0.3) is 11.3 Å². The van der Waals surface area contributed by atoms with Gasteiger partial charge < -0.3 is 10.2 Å². The quantitative estimate of drug-likeness (QED) is 0.830. The van der Waals surface area contributed by atoms with Gasteiger partial charge in [-0.05, 0) is 63.5 Å². The van der Waals surface area contributed by atoms with E-state index in [9.17, 15) is 4.79 Å². The summed E-state index contributed by atoms with van der Waals surface area (Å²) in [6.45, 7) is 6.26. The molecular formula is C20H25N3O. The fourth-order valence-corrected chi connectivity index (χ4v) is 3.19. The molecule has 126 valence electrons. The Morgan fingerprint density at radius 3 is 2.79 bits per heavy atom. The molecular weight excluding hydrogens is 298 g/mol. The fourth-order valence-electron chi connectivity index (χ4n) is 3.19. The van der Waals surface area contributed by atoms with Crippen molar-refractivity contribution in [3.63, 3.8) is 0 Å². The van der Waals surface area contributed by atoms with Crippen LogP contribution in [-0.4, -0.2) is 42.0 Å². The Labute approximate surface area is 143 Å². The van der Waals surface area contributed by atoms with E-state index in [1.165, 1.54) is 25.9 Å². The fraction of sp³-hybridized carbons (Fsp3) is 0.400. The topological polar surface area (TPSA) is 45.2 Å². The summed E-state index contributed by atoms with van der Waals surface area (Å²) in [5, 5.41) is 3.02. The number of carbonyl (C=O) groups is 1. The SMILES string of the molecule is Cc1ccccc1-c1cc(C(=O)NCCCN2CCCC2)ccn1. The lowest BCUT2D eigenvalue weighted by atomic mass is 10.0. The van der Waals surface area contributed by atoms with Crippen molar-refractivity contribution >= 4 is 5.91 Å². The van der Waals surface area contributed by atoms with Gasteiger partial charge in [-0.1, -0.05) is 24.3 Å². The molecule has 4 heteroatoms. The van der Waals surface area contributed by atoms with Crippen LogP contribution >= 0.6 is 0 Å². The number of aryl methyl sites for hydroxylation is 1. The maximum Gasteiger partial charge on any atom is 0.251 e. The van der Waals surface area contributed by atoms with Gasteiger partial charge in [0.25, 0.3) is 5.91 Å². The first-order chi connectivity index (χ1) is 11.7. The van der Waals surface area contributed by atoms with Crippen molar-refractivity contribution in [3.05, 3.63) is 53.7 Å². The lowest BCUT2D eigenvalue weighted by Gasteiger charge is -2.14. The van der Waals surface area contributed by atoms with Gasteiger partial charge in [0.05, 0.1) is 5.69 Å².